The summed E-state index contributed by atoms with van der Waals surface area (Å²) >= 11 is 0. The van der Waals surface area contributed by atoms with E-state index in [9.17, 15) is 19.7 Å². The van der Waals surface area contributed by atoms with Gasteiger partial charge in [-0.25, -0.2) is 0 Å². The summed E-state index contributed by atoms with van der Waals surface area (Å²) in [5.41, 5.74) is 1.78. The van der Waals surface area contributed by atoms with E-state index in [1.807, 2.05) is 32.2 Å². The molecule has 1 aliphatic rings. The molecule has 8 heteroatoms. The molecular formula is C22H28N4O4. The standard InChI is InChI=1S/C22H28N4O4/c1-4-20(27)24(14-16(2)3)15-21(28)25-13-12-23-11-5-6-19(23)22(25)17-7-9-18(10-8-17)26(29)30/h5-11,16,22H,4,12-15H2,1-3H3/t22-/m1/s1. The van der Waals surface area contributed by atoms with Crippen molar-refractivity contribution in [3.8, 4) is 0 Å². The fraction of sp³-hybridized carbons (Fsp3) is 0.455. The Kier molecular flexibility index (Phi) is 6.54. The quantitative estimate of drug-likeness (QED) is 0.516. The smallest absolute Gasteiger partial charge is 0.269 e. The van der Waals surface area contributed by atoms with Gasteiger partial charge in [-0.1, -0.05) is 20.8 Å². The lowest BCUT2D eigenvalue weighted by molar-refractivity contribution is -0.384. The zero-order chi connectivity index (χ0) is 21.8. The Morgan fingerprint density at radius 2 is 1.90 bits per heavy atom. The van der Waals surface area contributed by atoms with Crippen LogP contribution in [-0.4, -0.2) is 50.7 Å². The number of nitro groups is 1. The van der Waals surface area contributed by atoms with Crippen molar-refractivity contribution in [1.29, 1.82) is 0 Å². The molecule has 3 rings (SSSR count). The first-order valence-electron chi connectivity index (χ1n) is 10.3. The van der Waals surface area contributed by atoms with Crippen LogP contribution in [0.5, 0.6) is 0 Å². The molecule has 0 unspecified atom stereocenters. The SMILES string of the molecule is CCC(=O)N(CC(=O)N1CCn2cccc2[C@H]1c1ccc([N+](=O)[O-])cc1)CC(C)C. The van der Waals surface area contributed by atoms with Gasteiger partial charge in [-0.05, 0) is 35.7 Å². The number of fused-ring (bicyclic) bond motifs is 1. The molecule has 0 fully saturated rings. The predicted molar refractivity (Wildman–Crippen MR) is 113 cm³/mol. The third-order valence-electron chi connectivity index (χ3n) is 5.35. The lowest BCUT2D eigenvalue weighted by Gasteiger charge is -2.38. The number of aromatic nitrogens is 1. The van der Waals surface area contributed by atoms with Crippen molar-refractivity contribution in [3.05, 3.63) is 64.0 Å². The summed E-state index contributed by atoms with van der Waals surface area (Å²) in [6.07, 6.45) is 2.33. The van der Waals surface area contributed by atoms with Gasteiger partial charge < -0.3 is 14.4 Å². The van der Waals surface area contributed by atoms with Gasteiger partial charge in [-0.2, -0.15) is 0 Å². The minimum atomic E-state index is -0.434. The molecule has 2 aromatic rings. The Morgan fingerprint density at radius 3 is 2.50 bits per heavy atom. The third-order valence-corrected chi connectivity index (χ3v) is 5.35. The second kappa shape index (κ2) is 9.11. The molecule has 8 nitrogen and oxygen atoms in total. The number of carbonyl (C=O) groups is 2. The number of rotatable bonds is 7. The van der Waals surface area contributed by atoms with E-state index in [4.69, 9.17) is 0 Å². The maximum absolute atomic E-state index is 13.3. The van der Waals surface area contributed by atoms with Crippen LogP contribution in [0.3, 0.4) is 0 Å². The Hall–Kier alpha value is -3.16. The molecule has 0 N–H and O–H groups in total. The summed E-state index contributed by atoms with van der Waals surface area (Å²) < 4.78 is 2.10. The topological polar surface area (TPSA) is 88.7 Å². The summed E-state index contributed by atoms with van der Waals surface area (Å²) in [7, 11) is 0. The van der Waals surface area contributed by atoms with Crippen molar-refractivity contribution in [1.82, 2.24) is 14.4 Å². The Balaban J connectivity index is 1.90. The molecule has 0 saturated heterocycles. The molecule has 0 spiro atoms. The minimum Gasteiger partial charge on any atom is -0.348 e. The van der Waals surface area contributed by atoms with Crippen molar-refractivity contribution >= 4 is 17.5 Å². The molecule has 0 bridgehead atoms. The molecule has 160 valence electrons. The highest BCUT2D eigenvalue weighted by molar-refractivity contribution is 5.85. The third kappa shape index (κ3) is 4.53. The first-order chi connectivity index (χ1) is 14.3. The summed E-state index contributed by atoms with van der Waals surface area (Å²) in [6.45, 7) is 7.59. The van der Waals surface area contributed by atoms with Crippen LogP contribution >= 0.6 is 0 Å². The zero-order valence-corrected chi connectivity index (χ0v) is 17.7. The van der Waals surface area contributed by atoms with Crippen LogP contribution in [0.2, 0.25) is 0 Å². The second-order valence-electron chi connectivity index (χ2n) is 7.99. The van der Waals surface area contributed by atoms with E-state index in [1.165, 1.54) is 12.1 Å². The van der Waals surface area contributed by atoms with Crippen LogP contribution in [0.25, 0.3) is 0 Å². The predicted octanol–water partition coefficient (Wildman–Crippen LogP) is 3.22. The van der Waals surface area contributed by atoms with E-state index < -0.39 is 4.92 Å². The van der Waals surface area contributed by atoms with Gasteiger partial charge in [0.15, 0.2) is 0 Å². The van der Waals surface area contributed by atoms with Crippen LogP contribution in [0, 0.1) is 16.0 Å². The zero-order valence-electron chi connectivity index (χ0n) is 17.7. The van der Waals surface area contributed by atoms with E-state index in [0.29, 0.717) is 26.1 Å². The van der Waals surface area contributed by atoms with Gasteiger partial charge in [0.25, 0.3) is 5.69 Å². The van der Waals surface area contributed by atoms with Gasteiger partial charge in [-0.15, -0.1) is 0 Å². The lowest BCUT2D eigenvalue weighted by Crippen LogP contribution is -2.48. The molecule has 1 atom stereocenters. The summed E-state index contributed by atoms with van der Waals surface area (Å²) in [5, 5.41) is 11.0. The van der Waals surface area contributed by atoms with Crippen molar-refractivity contribution in [2.24, 2.45) is 5.92 Å². The van der Waals surface area contributed by atoms with Crippen molar-refractivity contribution in [2.45, 2.75) is 39.8 Å². The molecule has 0 saturated carbocycles. The maximum Gasteiger partial charge on any atom is 0.269 e. The number of nitro benzene ring substituents is 1. The number of nitrogens with zero attached hydrogens (tertiary/aromatic N) is 4. The number of amides is 2. The van der Waals surface area contributed by atoms with Crippen LogP contribution < -0.4 is 0 Å². The van der Waals surface area contributed by atoms with Gasteiger partial charge >= 0.3 is 0 Å². The van der Waals surface area contributed by atoms with E-state index in [-0.39, 0.29) is 36.0 Å². The molecule has 1 aliphatic heterocycles. The Labute approximate surface area is 176 Å². The van der Waals surface area contributed by atoms with E-state index in [2.05, 4.69) is 4.57 Å². The summed E-state index contributed by atoms with van der Waals surface area (Å²) in [6, 6.07) is 9.89. The van der Waals surface area contributed by atoms with Crippen LogP contribution in [0.4, 0.5) is 5.69 Å². The molecule has 2 heterocycles. The second-order valence-corrected chi connectivity index (χ2v) is 7.99. The number of carbonyl (C=O) groups excluding carboxylic acids is 2. The molecular weight excluding hydrogens is 384 g/mol. The highest BCUT2D eigenvalue weighted by atomic mass is 16.6. The van der Waals surface area contributed by atoms with Gasteiger partial charge in [0.05, 0.1) is 17.5 Å². The van der Waals surface area contributed by atoms with E-state index in [0.717, 1.165) is 11.3 Å². The lowest BCUT2D eigenvalue weighted by atomic mass is 9.99. The molecule has 2 amide bonds. The average molecular weight is 412 g/mol. The number of hydrogen-bond acceptors (Lipinski definition) is 4. The van der Waals surface area contributed by atoms with Crippen LogP contribution in [0.15, 0.2) is 42.6 Å². The van der Waals surface area contributed by atoms with Gasteiger partial charge in [0.1, 0.15) is 0 Å². The monoisotopic (exact) mass is 412 g/mol. The molecule has 1 aromatic heterocycles. The molecule has 30 heavy (non-hydrogen) atoms. The Morgan fingerprint density at radius 1 is 1.20 bits per heavy atom. The summed E-state index contributed by atoms with van der Waals surface area (Å²) in [5.74, 6) is 0.106. The van der Waals surface area contributed by atoms with E-state index in [1.54, 1.807) is 28.9 Å². The van der Waals surface area contributed by atoms with Gasteiger partial charge in [-0.3, -0.25) is 19.7 Å². The van der Waals surface area contributed by atoms with Crippen LogP contribution in [0.1, 0.15) is 44.5 Å². The van der Waals surface area contributed by atoms with Gasteiger partial charge in [0.2, 0.25) is 11.8 Å². The normalized spacial score (nSPS) is 15.7. The highest BCUT2D eigenvalue weighted by Gasteiger charge is 2.33. The largest absolute Gasteiger partial charge is 0.348 e. The molecule has 0 aliphatic carbocycles. The maximum atomic E-state index is 13.3. The van der Waals surface area contributed by atoms with Crippen molar-refractivity contribution in [2.75, 3.05) is 19.6 Å². The fourth-order valence-electron chi connectivity index (χ4n) is 3.95. The van der Waals surface area contributed by atoms with Crippen molar-refractivity contribution in [3.63, 3.8) is 0 Å². The number of benzene rings is 1. The first-order valence-corrected chi connectivity index (χ1v) is 10.3. The highest BCUT2D eigenvalue weighted by Crippen LogP contribution is 2.33. The first kappa shape index (κ1) is 21.5. The number of hydrogen-bond donors (Lipinski definition) is 0. The fourth-order valence-corrected chi connectivity index (χ4v) is 3.95. The van der Waals surface area contributed by atoms with Crippen molar-refractivity contribution < 1.29 is 14.5 Å². The van der Waals surface area contributed by atoms with Crippen LogP contribution in [-0.2, 0) is 16.1 Å². The minimum absolute atomic E-state index is 0.0134. The molecule has 1 aromatic carbocycles. The average Bonchev–Trinajstić information content (AvgIpc) is 3.20. The Bertz CT molecular complexity index is 919. The number of non-ortho nitro benzene ring substituents is 1. The summed E-state index contributed by atoms with van der Waals surface area (Å²) in [4.78, 5) is 39.7. The molecule has 0 radical (unpaired) electrons. The van der Waals surface area contributed by atoms with Gasteiger partial charge in [0, 0.05) is 50.1 Å². The van der Waals surface area contributed by atoms with E-state index >= 15 is 0 Å².